The van der Waals surface area contributed by atoms with Crippen molar-refractivity contribution in [2.45, 2.75) is 26.0 Å². The maximum atomic E-state index is 8.00. The van der Waals surface area contributed by atoms with E-state index in [9.17, 15) is 0 Å². The fraction of sp³-hybridized carbons (Fsp3) is 0.185. The normalized spacial score (nSPS) is 9.79. The quantitative estimate of drug-likeness (QED) is 0.394. The van der Waals surface area contributed by atoms with E-state index in [1.54, 1.807) is 7.11 Å². The van der Waals surface area contributed by atoms with Crippen molar-refractivity contribution in [2.24, 2.45) is 0 Å². The van der Waals surface area contributed by atoms with Gasteiger partial charge in [-0.15, -0.1) is 5.10 Å². The minimum Gasteiger partial charge on any atom is -0.378 e. The number of methoxy groups -OCH3 is 1. The van der Waals surface area contributed by atoms with Crippen LogP contribution in [-0.4, -0.2) is 35.7 Å². The number of nitrogens with zero attached hydrogens (tertiary/aromatic N) is 3. The molecule has 0 aliphatic heterocycles. The van der Waals surface area contributed by atoms with Crippen molar-refractivity contribution in [3.8, 4) is 0 Å². The second-order valence-electron chi connectivity index (χ2n) is 6.40. The first-order chi connectivity index (χ1) is 16.4. The average molecular weight is 446 g/mol. The van der Waals surface area contributed by atoms with E-state index in [0.717, 1.165) is 22.4 Å². The van der Waals surface area contributed by atoms with E-state index in [0.29, 0.717) is 6.61 Å². The summed E-state index contributed by atoms with van der Waals surface area (Å²) in [5.74, 6) is 0. The molecule has 4 rings (SSSR count). The fourth-order valence-corrected chi connectivity index (χ4v) is 3.61. The third-order valence-corrected chi connectivity index (χ3v) is 4.75. The molecule has 172 valence electrons. The SMILES string of the molecule is C=O.C=O.CC.COCc1cn(C(c2ccccc2)(c2ccccc2)c2ccccc2)nn1. The zero-order valence-electron chi connectivity index (χ0n) is 19.4. The molecule has 4 aromatic rings. The number of aromatic nitrogens is 3. The van der Waals surface area contributed by atoms with Crippen molar-refractivity contribution in [2.75, 3.05) is 7.11 Å². The molecule has 1 heterocycles. The van der Waals surface area contributed by atoms with E-state index < -0.39 is 5.54 Å². The van der Waals surface area contributed by atoms with Gasteiger partial charge in [0.05, 0.1) is 12.8 Å². The summed E-state index contributed by atoms with van der Waals surface area (Å²) >= 11 is 0. The first-order valence-corrected chi connectivity index (χ1v) is 10.5. The van der Waals surface area contributed by atoms with Crippen LogP contribution in [0.5, 0.6) is 0 Å². The Hall–Kier alpha value is -3.90. The lowest BCUT2D eigenvalue weighted by Gasteiger charge is -2.35. The summed E-state index contributed by atoms with van der Waals surface area (Å²) < 4.78 is 7.20. The lowest BCUT2D eigenvalue weighted by atomic mass is 9.77. The Bertz CT molecular complexity index is 924. The molecule has 0 bridgehead atoms. The van der Waals surface area contributed by atoms with Crippen molar-refractivity contribution < 1.29 is 14.3 Å². The van der Waals surface area contributed by atoms with Crippen LogP contribution in [0.2, 0.25) is 0 Å². The summed E-state index contributed by atoms with van der Waals surface area (Å²) in [4.78, 5) is 16.0. The Morgan fingerprint density at radius 2 is 1.09 bits per heavy atom. The molecule has 0 amide bonds. The number of ether oxygens (including phenoxy) is 1. The first kappa shape index (κ1) is 27.1. The van der Waals surface area contributed by atoms with Crippen LogP contribution >= 0.6 is 0 Å². The Labute approximate surface area is 195 Å². The summed E-state index contributed by atoms with van der Waals surface area (Å²) in [6.45, 7) is 8.43. The number of hydrogen-bond acceptors (Lipinski definition) is 5. The Morgan fingerprint density at radius 1 is 0.727 bits per heavy atom. The summed E-state index contributed by atoms with van der Waals surface area (Å²) in [7, 11) is 1.66. The molecule has 0 atom stereocenters. The van der Waals surface area contributed by atoms with Crippen molar-refractivity contribution in [1.29, 1.82) is 0 Å². The fourth-order valence-electron chi connectivity index (χ4n) is 3.61. The van der Waals surface area contributed by atoms with Crippen LogP contribution < -0.4 is 0 Å². The van der Waals surface area contributed by atoms with Gasteiger partial charge in [-0.3, -0.25) is 0 Å². The third-order valence-electron chi connectivity index (χ3n) is 4.75. The average Bonchev–Trinajstić information content (AvgIpc) is 3.39. The van der Waals surface area contributed by atoms with E-state index in [-0.39, 0.29) is 0 Å². The first-order valence-electron chi connectivity index (χ1n) is 10.5. The second-order valence-corrected chi connectivity index (χ2v) is 6.40. The predicted octanol–water partition coefficient (Wildman–Crippen LogP) is 4.92. The maximum Gasteiger partial charge on any atom is 0.139 e. The summed E-state index contributed by atoms with van der Waals surface area (Å²) in [5.41, 5.74) is 3.54. The van der Waals surface area contributed by atoms with Gasteiger partial charge in [-0.1, -0.05) is 110 Å². The molecule has 1 aromatic heterocycles. The molecule has 6 heteroatoms. The highest BCUT2D eigenvalue weighted by molar-refractivity contribution is 5.50. The molecule has 0 N–H and O–H groups in total. The van der Waals surface area contributed by atoms with Crippen LogP contribution in [0.15, 0.2) is 97.2 Å². The number of carbonyl (C=O) groups excluding carboxylic acids is 2. The molecule has 0 unspecified atom stereocenters. The molecule has 33 heavy (non-hydrogen) atoms. The molecule has 0 saturated heterocycles. The topological polar surface area (TPSA) is 74.1 Å². The van der Waals surface area contributed by atoms with Crippen molar-refractivity contribution in [3.05, 3.63) is 120 Å². The zero-order valence-corrected chi connectivity index (χ0v) is 19.4. The molecular formula is C27H31N3O3. The van der Waals surface area contributed by atoms with Gasteiger partial charge in [0, 0.05) is 7.11 Å². The molecule has 3 aromatic carbocycles. The third kappa shape index (κ3) is 6.08. The Morgan fingerprint density at radius 3 is 1.42 bits per heavy atom. The van der Waals surface area contributed by atoms with E-state index in [4.69, 9.17) is 14.3 Å². The lowest BCUT2D eigenvalue weighted by molar-refractivity contribution is -0.0987. The molecule has 0 saturated carbocycles. The van der Waals surface area contributed by atoms with Gasteiger partial charge in [-0.05, 0) is 16.7 Å². The summed E-state index contributed by atoms with van der Waals surface area (Å²) in [5, 5.41) is 8.86. The van der Waals surface area contributed by atoms with E-state index >= 15 is 0 Å². The number of rotatable bonds is 6. The summed E-state index contributed by atoms with van der Waals surface area (Å²) in [6, 6.07) is 31.3. The largest absolute Gasteiger partial charge is 0.378 e. The number of benzene rings is 3. The van der Waals surface area contributed by atoms with Crippen LogP contribution in [0, 0.1) is 0 Å². The highest BCUT2D eigenvalue weighted by atomic mass is 16.5. The van der Waals surface area contributed by atoms with E-state index in [2.05, 4.69) is 83.1 Å². The van der Waals surface area contributed by atoms with Gasteiger partial charge < -0.3 is 14.3 Å². The highest BCUT2D eigenvalue weighted by Crippen LogP contribution is 2.40. The van der Waals surface area contributed by atoms with Gasteiger partial charge >= 0.3 is 0 Å². The van der Waals surface area contributed by atoms with E-state index in [1.807, 2.05) is 56.5 Å². The van der Waals surface area contributed by atoms with Gasteiger partial charge in [0.1, 0.15) is 24.8 Å². The minimum absolute atomic E-state index is 0.425. The van der Waals surface area contributed by atoms with Gasteiger partial charge in [-0.25, -0.2) is 4.68 Å². The smallest absolute Gasteiger partial charge is 0.139 e. The number of carbonyl (C=O) groups is 2. The number of hydrogen-bond donors (Lipinski definition) is 0. The molecule has 0 fully saturated rings. The van der Waals surface area contributed by atoms with Crippen LogP contribution in [0.3, 0.4) is 0 Å². The Balaban J connectivity index is 0.000000841. The van der Waals surface area contributed by atoms with Crippen LogP contribution in [0.1, 0.15) is 36.2 Å². The standard InChI is InChI=1S/C23H21N3O.C2H6.2CH2O/c1-27-18-22-17-26(25-24-22)23(19-11-5-2-6-12-19,20-13-7-3-8-14-20)21-15-9-4-10-16-21;3*1-2/h2-17H,18H2,1H3;1-2H3;2*1H2. The molecule has 0 aliphatic carbocycles. The van der Waals surface area contributed by atoms with E-state index in [1.165, 1.54) is 0 Å². The molecule has 0 aliphatic rings. The zero-order chi connectivity index (χ0) is 24.5. The molecule has 0 radical (unpaired) electrons. The molecule has 6 nitrogen and oxygen atoms in total. The summed E-state index contributed by atoms with van der Waals surface area (Å²) in [6.07, 6.45) is 1.97. The predicted molar refractivity (Wildman–Crippen MR) is 131 cm³/mol. The monoisotopic (exact) mass is 445 g/mol. The van der Waals surface area contributed by atoms with Crippen LogP contribution in [-0.2, 0) is 26.5 Å². The van der Waals surface area contributed by atoms with Crippen molar-refractivity contribution in [1.82, 2.24) is 15.0 Å². The van der Waals surface area contributed by atoms with Gasteiger partial charge in [0.25, 0.3) is 0 Å². The Kier molecular flexibility index (Phi) is 12.3. The van der Waals surface area contributed by atoms with Crippen molar-refractivity contribution in [3.63, 3.8) is 0 Å². The molecule has 0 spiro atoms. The van der Waals surface area contributed by atoms with Crippen molar-refractivity contribution >= 4 is 13.6 Å². The maximum absolute atomic E-state index is 8.00. The van der Waals surface area contributed by atoms with Gasteiger partial charge in [0.15, 0.2) is 0 Å². The second kappa shape index (κ2) is 15.0. The molecular weight excluding hydrogens is 414 g/mol. The van der Waals surface area contributed by atoms with Crippen LogP contribution in [0.25, 0.3) is 0 Å². The minimum atomic E-state index is -0.622. The van der Waals surface area contributed by atoms with Gasteiger partial charge in [-0.2, -0.15) is 0 Å². The van der Waals surface area contributed by atoms with Crippen LogP contribution in [0.4, 0.5) is 0 Å². The highest BCUT2D eigenvalue weighted by Gasteiger charge is 2.39. The lowest BCUT2D eigenvalue weighted by Crippen LogP contribution is -2.38. The van der Waals surface area contributed by atoms with Gasteiger partial charge in [0.2, 0.25) is 0 Å².